The third kappa shape index (κ3) is 10.9. The van der Waals surface area contributed by atoms with Crippen LogP contribution in [-0.4, -0.2) is 59.9 Å². The predicted molar refractivity (Wildman–Crippen MR) is 62.0 cm³/mol. The van der Waals surface area contributed by atoms with Gasteiger partial charge in [-0.1, -0.05) is 0 Å². The fourth-order valence-corrected chi connectivity index (χ4v) is 1.08. The summed E-state index contributed by atoms with van der Waals surface area (Å²) in [6, 6.07) is 0. The van der Waals surface area contributed by atoms with Crippen LogP contribution in [0.25, 0.3) is 0 Å². The molecule has 2 N–H and O–H groups in total. The Morgan fingerprint density at radius 3 is 2.14 bits per heavy atom. The number of hydrogen-bond donors (Lipinski definition) is 2. The Balaban J connectivity index is 4.27. The van der Waals surface area contributed by atoms with Gasteiger partial charge in [0, 0.05) is 0 Å². The maximum atomic E-state index is 11.3. The molecule has 1 atom stereocenters. The van der Waals surface area contributed by atoms with Gasteiger partial charge in [-0.05, 0) is 0 Å². The van der Waals surface area contributed by atoms with Crippen LogP contribution in [0.2, 0.25) is 0 Å². The summed E-state index contributed by atoms with van der Waals surface area (Å²) in [5.41, 5.74) is 0. The third-order valence-corrected chi connectivity index (χ3v) is 1.92. The molecule has 0 saturated carbocycles. The van der Waals surface area contributed by atoms with Crippen molar-refractivity contribution in [2.75, 3.05) is 13.2 Å². The summed E-state index contributed by atoms with van der Waals surface area (Å²) in [6.07, 6.45) is -2.86. The van der Waals surface area contributed by atoms with Gasteiger partial charge in [0.05, 0.1) is 12.8 Å². The zero-order valence-electron chi connectivity index (χ0n) is 10.9. The van der Waals surface area contributed by atoms with Crippen molar-refractivity contribution in [3.8, 4) is 0 Å². The fraction of sp³-hybridized carbons (Fsp3) is 0.545. The van der Waals surface area contributed by atoms with Crippen molar-refractivity contribution in [2.24, 2.45) is 0 Å². The summed E-state index contributed by atoms with van der Waals surface area (Å²) in [4.78, 5) is 52.9. The van der Waals surface area contributed by atoms with E-state index in [1.807, 2.05) is 0 Å². The summed E-state index contributed by atoms with van der Waals surface area (Å²) in [5, 5.41) is 16.7. The number of carboxylic acid groups (broad SMARTS) is 2. The lowest BCUT2D eigenvalue weighted by Crippen LogP contribution is -2.30. The van der Waals surface area contributed by atoms with Crippen LogP contribution >= 0.6 is 0 Å². The maximum Gasteiger partial charge on any atom is 0.317 e. The highest BCUT2D eigenvalue weighted by Crippen LogP contribution is 2.01. The second-order valence-corrected chi connectivity index (χ2v) is 3.69. The summed E-state index contributed by atoms with van der Waals surface area (Å²) in [6.45, 7) is -0.849. The lowest BCUT2D eigenvalue weighted by Gasteiger charge is -2.16. The van der Waals surface area contributed by atoms with Gasteiger partial charge >= 0.3 is 23.9 Å². The van der Waals surface area contributed by atoms with Crippen molar-refractivity contribution in [1.82, 2.24) is 0 Å². The molecule has 0 amide bonds. The second-order valence-electron chi connectivity index (χ2n) is 3.69. The zero-order chi connectivity index (χ0) is 16.3. The molecular formula is C11H14O10. The van der Waals surface area contributed by atoms with Crippen LogP contribution in [0.3, 0.4) is 0 Å². The molecule has 0 saturated heterocycles. The van der Waals surface area contributed by atoms with Gasteiger partial charge in [-0.15, -0.1) is 0 Å². The highest BCUT2D eigenvalue weighted by molar-refractivity contribution is 5.90. The minimum Gasteiger partial charge on any atom is -0.481 e. The van der Waals surface area contributed by atoms with E-state index in [9.17, 15) is 24.0 Å². The molecule has 118 valence electrons. The van der Waals surface area contributed by atoms with Gasteiger partial charge in [-0.25, -0.2) is 0 Å². The van der Waals surface area contributed by atoms with Crippen molar-refractivity contribution in [2.45, 2.75) is 25.4 Å². The average molecular weight is 306 g/mol. The van der Waals surface area contributed by atoms with Crippen LogP contribution in [0.4, 0.5) is 0 Å². The molecule has 0 aromatic carbocycles. The summed E-state index contributed by atoms with van der Waals surface area (Å²) < 4.78 is 13.6. The average Bonchev–Trinajstić information content (AvgIpc) is 2.38. The molecule has 0 fully saturated rings. The van der Waals surface area contributed by atoms with E-state index < -0.39 is 62.5 Å². The molecular weight excluding hydrogens is 292 g/mol. The Morgan fingerprint density at radius 1 is 0.952 bits per heavy atom. The maximum absolute atomic E-state index is 11.3. The first kappa shape index (κ1) is 18.4. The Kier molecular flexibility index (Phi) is 8.89. The molecule has 1 unspecified atom stereocenters. The SMILES string of the molecule is O=COCC(COC(=O)CC(=O)O)OC(=O)CCC(=O)O. The second kappa shape index (κ2) is 10.2. The molecule has 0 spiro atoms. The van der Waals surface area contributed by atoms with Crippen molar-refractivity contribution < 1.29 is 48.4 Å². The highest BCUT2D eigenvalue weighted by Gasteiger charge is 2.19. The van der Waals surface area contributed by atoms with Crippen molar-refractivity contribution in [3.63, 3.8) is 0 Å². The summed E-state index contributed by atoms with van der Waals surface area (Å²) >= 11 is 0. The molecule has 0 rings (SSSR count). The number of rotatable bonds is 11. The number of carboxylic acids is 2. The largest absolute Gasteiger partial charge is 0.481 e. The van der Waals surface area contributed by atoms with Crippen LogP contribution in [-0.2, 0) is 38.2 Å². The van der Waals surface area contributed by atoms with Crippen LogP contribution in [0.15, 0.2) is 0 Å². The normalized spacial score (nSPS) is 11.0. The predicted octanol–water partition coefficient (Wildman–Crippen LogP) is -1.05. The van der Waals surface area contributed by atoms with Crippen molar-refractivity contribution in [1.29, 1.82) is 0 Å². The number of ether oxygens (including phenoxy) is 3. The summed E-state index contributed by atoms with van der Waals surface area (Å²) in [5.74, 6) is -4.52. The number of hydrogen-bond acceptors (Lipinski definition) is 8. The molecule has 10 nitrogen and oxygen atoms in total. The standard InChI is InChI=1S/C11H14O10/c12-6-19-4-7(5-20-11(18)3-9(15)16)21-10(17)2-1-8(13)14/h6-7H,1-5H2,(H,13,14)(H,15,16). The van der Waals surface area contributed by atoms with Crippen LogP contribution < -0.4 is 0 Å². The van der Waals surface area contributed by atoms with Crippen LogP contribution in [0.1, 0.15) is 19.3 Å². The van der Waals surface area contributed by atoms with Crippen LogP contribution in [0, 0.1) is 0 Å². The van der Waals surface area contributed by atoms with Gasteiger partial charge in [0.2, 0.25) is 0 Å². The minimum atomic E-state index is -1.39. The van der Waals surface area contributed by atoms with Crippen LogP contribution in [0.5, 0.6) is 0 Å². The third-order valence-electron chi connectivity index (χ3n) is 1.92. The highest BCUT2D eigenvalue weighted by atomic mass is 16.6. The molecule has 0 aromatic rings. The van der Waals surface area contributed by atoms with E-state index in [1.165, 1.54) is 0 Å². The van der Waals surface area contributed by atoms with E-state index in [0.29, 0.717) is 0 Å². The Labute approximate surface area is 118 Å². The first-order chi connectivity index (χ1) is 9.85. The topological polar surface area (TPSA) is 154 Å². The molecule has 0 aliphatic heterocycles. The van der Waals surface area contributed by atoms with Gasteiger partial charge in [0.1, 0.15) is 19.6 Å². The van der Waals surface area contributed by atoms with E-state index in [2.05, 4.69) is 9.47 Å². The molecule has 0 bridgehead atoms. The van der Waals surface area contributed by atoms with E-state index in [-0.39, 0.29) is 6.47 Å². The minimum absolute atomic E-state index is 0.0805. The molecule has 10 heteroatoms. The van der Waals surface area contributed by atoms with Gasteiger partial charge in [-0.3, -0.25) is 24.0 Å². The monoisotopic (exact) mass is 306 g/mol. The fourth-order valence-electron chi connectivity index (χ4n) is 1.08. The van der Waals surface area contributed by atoms with Crippen molar-refractivity contribution in [3.05, 3.63) is 0 Å². The molecule has 0 aromatic heterocycles. The smallest absolute Gasteiger partial charge is 0.317 e. The number of aliphatic carboxylic acids is 2. The Morgan fingerprint density at radius 2 is 1.62 bits per heavy atom. The van der Waals surface area contributed by atoms with Crippen molar-refractivity contribution >= 4 is 30.3 Å². The molecule has 0 aliphatic carbocycles. The summed E-state index contributed by atoms with van der Waals surface area (Å²) in [7, 11) is 0. The van der Waals surface area contributed by atoms with E-state index in [0.717, 1.165) is 0 Å². The zero-order valence-corrected chi connectivity index (χ0v) is 10.9. The number of esters is 2. The van der Waals surface area contributed by atoms with E-state index in [4.69, 9.17) is 14.9 Å². The van der Waals surface area contributed by atoms with Gasteiger partial charge < -0.3 is 24.4 Å². The van der Waals surface area contributed by atoms with E-state index in [1.54, 1.807) is 0 Å². The molecule has 0 aliphatic rings. The van der Waals surface area contributed by atoms with Gasteiger partial charge in [0.25, 0.3) is 6.47 Å². The number of carbonyl (C=O) groups is 5. The molecule has 0 heterocycles. The van der Waals surface area contributed by atoms with Gasteiger partial charge in [0.15, 0.2) is 6.10 Å². The first-order valence-electron chi connectivity index (χ1n) is 5.69. The Bertz CT molecular complexity index is 402. The quantitative estimate of drug-likeness (QED) is 0.209. The molecule has 21 heavy (non-hydrogen) atoms. The lowest BCUT2D eigenvalue weighted by atomic mass is 10.3. The van der Waals surface area contributed by atoms with E-state index >= 15 is 0 Å². The molecule has 0 radical (unpaired) electrons. The first-order valence-corrected chi connectivity index (χ1v) is 5.69. The van der Waals surface area contributed by atoms with Gasteiger partial charge in [-0.2, -0.15) is 0 Å². The number of carbonyl (C=O) groups excluding carboxylic acids is 3. The Hall–Kier alpha value is -2.65. The lowest BCUT2D eigenvalue weighted by molar-refractivity contribution is -0.165.